The summed E-state index contributed by atoms with van der Waals surface area (Å²) in [5.41, 5.74) is 0. The van der Waals surface area contributed by atoms with Crippen LogP contribution in [0.25, 0.3) is 0 Å². The van der Waals surface area contributed by atoms with Crippen LogP contribution in [0, 0.1) is 0 Å². The van der Waals surface area contributed by atoms with E-state index in [0.717, 1.165) is 19.4 Å². The van der Waals surface area contributed by atoms with Crippen LogP contribution >= 0.6 is 0 Å². The molecule has 0 saturated carbocycles. The zero-order valence-corrected chi connectivity index (χ0v) is 8.67. The number of aliphatic hydroxyl groups is 1. The number of ether oxygens (including phenoxy) is 2. The van der Waals surface area contributed by atoms with E-state index < -0.39 is 0 Å². The number of rotatable bonds is 5. The van der Waals surface area contributed by atoms with Crippen molar-refractivity contribution in [3.8, 4) is 0 Å². The van der Waals surface area contributed by atoms with Crippen LogP contribution in [0.3, 0.4) is 0 Å². The summed E-state index contributed by atoms with van der Waals surface area (Å²) in [6.45, 7) is 4.89. The Hall–Kier alpha value is -0.120. The van der Waals surface area contributed by atoms with E-state index in [1.54, 1.807) is 14.2 Å². The molecule has 0 aliphatic heterocycles. The lowest BCUT2D eigenvalue weighted by Crippen LogP contribution is -2.13. The molecule has 0 heterocycles. The minimum Gasteiger partial charge on any atom is -0.394 e. The van der Waals surface area contributed by atoms with Gasteiger partial charge in [0.1, 0.15) is 0 Å². The van der Waals surface area contributed by atoms with Crippen LogP contribution in [-0.4, -0.2) is 38.6 Å². The van der Waals surface area contributed by atoms with Gasteiger partial charge in [0.15, 0.2) is 0 Å². The molecule has 0 radical (unpaired) electrons. The predicted octanol–water partition coefficient (Wildman–Crippen LogP) is 1.45. The van der Waals surface area contributed by atoms with Gasteiger partial charge in [-0.1, -0.05) is 13.3 Å². The highest BCUT2D eigenvalue weighted by Crippen LogP contribution is 1.92. The van der Waals surface area contributed by atoms with Crippen molar-refractivity contribution in [3.05, 3.63) is 0 Å². The summed E-state index contributed by atoms with van der Waals surface area (Å²) < 4.78 is 9.43. The summed E-state index contributed by atoms with van der Waals surface area (Å²) in [4.78, 5) is 0. The molecule has 0 aliphatic carbocycles. The summed E-state index contributed by atoms with van der Waals surface area (Å²) in [5, 5.41) is 8.51. The summed E-state index contributed by atoms with van der Waals surface area (Å²) in [6, 6.07) is 0. The average molecular weight is 178 g/mol. The molecule has 76 valence electrons. The van der Waals surface area contributed by atoms with Crippen LogP contribution in [0.5, 0.6) is 0 Å². The molecule has 3 heteroatoms. The van der Waals surface area contributed by atoms with E-state index in [2.05, 4.69) is 11.7 Å². The highest BCUT2D eigenvalue weighted by atomic mass is 16.5. The van der Waals surface area contributed by atoms with Crippen molar-refractivity contribution in [3.63, 3.8) is 0 Å². The highest BCUT2D eigenvalue weighted by molar-refractivity contribution is 4.43. The molecule has 1 N–H and O–H groups in total. The van der Waals surface area contributed by atoms with Gasteiger partial charge in [0.25, 0.3) is 0 Å². The molecule has 0 bridgehead atoms. The molecular weight excluding hydrogens is 156 g/mol. The van der Waals surface area contributed by atoms with Gasteiger partial charge >= 0.3 is 0 Å². The number of unbranched alkanes of at least 4 members (excludes halogenated alkanes) is 1. The zero-order chi connectivity index (χ0) is 9.82. The predicted molar refractivity (Wildman–Crippen MR) is 50.3 cm³/mol. The molecule has 0 rings (SSSR count). The lowest BCUT2D eigenvalue weighted by Gasteiger charge is -2.07. The lowest BCUT2D eigenvalue weighted by atomic mass is 10.3. The number of aliphatic hydroxyl groups excluding tert-OH is 1. The van der Waals surface area contributed by atoms with E-state index in [0.29, 0.717) is 0 Å². The second-order valence-corrected chi connectivity index (χ2v) is 2.63. The molecule has 12 heavy (non-hydrogen) atoms. The van der Waals surface area contributed by atoms with Crippen LogP contribution in [0.15, 0.2) is 0 Å². The van der Waals surface area contributed by atoms with E-state index in [4.69, 9.17) is 9.84 Å². The van der Waals surface area contributed by atoms with Gasteiger partial charge in [0.2, 0.25) is 0 Å². The third-order valence-corrected chi connectivity index (χ3v) is 1.16. The summed E-state index contributed by atoms with van der Waals surface area (Å²) in [7, 11) is 3.25. The topological polar surface area (TPSA) is 38.7 Å². The first-order valence-electron chi connectivity index (χ1n) is 4.35. The Morgan fingerprint density at radius 1 is 1.33 bits per heavy atom. The Kier molecular flexibility index (Phi) is 16.2. The van der Waals surface area contributed by atoms with Crippen molar-refractivity contribution in [2.45, 2.75) is 32.8 Å². The Balaban J connectivity index is 0. The molecule has 0 saturated heterocycles. The minimum absolute atomic E-state index is 0.0107. The van der Waals surface area contributed by atoms with Gasteiger partial charge in [0, 0.05) is 20.8 Å². The standard InChI is InChI=1S/C7H16O2.C2H6O/c1-3-4-5-9-7(2)6-8;1-3-2/h7-8H,3-6H2,1-2H3;1-2H3. The van der Waals surface area contributed by atoms with Gasteiger partial charge in [-0.05, 0) is 13.3 Å². The maximum atomic E-state index is 8.51. The van der Waals surface area contributed by atoms with Gasteiger partial charge in [-0.3, -0.25) is 0 Å². The fourth-order valence-corrected chi connectivity index (χ4v) is 0.482. The molecular formula is C9H22O3. The second-order valence-electron chi connectivity index (χ2n) is 2.63. The Morgan fingerprint density at radius 3 is 2.17 bits per heavy atom. The summed E-state index contributed by atoms with van der Waals surface area (Å²) in [6.07, 6.45) is 2.25. The van der Waals surface area contributed by atoms with E-state index in [9.17, 15) is 0 Å². The van der Waals surface area contributed by atoms with Crippen LogP contribution in [-0.2, 0) is 9.47 Å². The van der Waals surface area contributed by atoms with E-state index >= 15 is 0 Å². The quantitative estimate of drug-likeness (QED) is 0.647. The van der Waals surface area contributed by atoms with Gasteiger partial charge < -0.3 is 14.6 Å². The Bertz CT molecular complexity index is 66.8. The molecule has 1 atom stereocenters. The highest BCUT2D eigenvalue weighted by Gasteiger charge is 1.96. The van der Waals surface area contributed by atoms with Crippen molar-refractivity contribution in [2.24, 2.45) is 0 Å². The van der Waals surface area contributed by atoms with Crippen molar-refractivity contribution >= 4 is 0 Å². The van der Waals surface area contributed by atoms with E-state index in [1.165, 1.54) is 0 Å². The maximum absolute atomic E-state index is 8.51. The molecule has 0 aliphatic rings. The first-order chi connectivity index (χ1) is 5.72. The molecule has 3 nitrogen and oxygen atoms in total. The molecule has 0 spiro atoms. The first-order valence-corrected chi connectivity index (χ1v) is 4.35. The van der Waals surface area contributed by atoms with Crippen molar-refractivity contribution < 1.29 is 14.6 Å². The smallest absolute Gasteiger partial charge is 0.0777 e. The first kappa shape index (κ1) is 14.4. The van der Waals surface area contributed by atoms with Gasteiger partial charge in [0.05, 0.1) is 12.7 Å². The monoisotopic (exact) mass is 178 g/mol. The zero-order valence-electron chi connectivity index (χ0n) is 8.67. The Labute approximate surface area is 75.7 Å². The number of methoxy groups -OCH3 is 1. The fourth-order valence-electron chi connectivity index (χ4n) is 0.482. The molecule has 0 aromatic carbocycles. The lowest BCUT2D eigenvalue weighted by molar-refractivity contribution is 0.0237. The molecule has 0 fully saturated rings. The molecule has 0 aromatic rings. The third-order valence-electron chi connectivity index (χ3n) is 1.16. The minimum atomic E-state index is 0.0107. The van der Waals surface area contributed by atoms with Crippen molar-refractivity contribution in [2.75, 3.05) is 27.4 Å². The summed E-state index contributed by atoms with van der Waals surface area (Å²) >= 11 is 0. The van der Waals surface area contributed by atoms with E-state index in [1.807, 2.05) is 6.92 Å². The van der Waals surface area contributed by atoms with E-state index in [-0.39, 0.29) is 12.7 Å². The van der Waals surface area contributed by atoms with Gasteiger partial charge in [-0.15, -0.1) is 0 Å². The third kappa shape index (κ3) is 16.5. The SMILES string of the molecule is CCCCOC(C)CO.COC. The normalized spacial score (nSPS) is 11.8. The van der Waals surface area contributed by atoms with Gasteiger partial charge in [-0.25, -0.2) is 0 Å². The average Bonchev–Trinajstić information content (AvgIpc) is 2.06. The molecule has 1 unspecified atom stereocenters. The number of hydrogen-bond acceptors (Lipinski definition) is 3. The van der Waals surface area contributed by atoms with Crippen molar-refractivity contribution in [1.82, 2.24) is 0 Å². The van der Waals surface area contributed by atoms with Crippen LogP contribution in [0.1, 0.15) is 26.7 Å². The molecule has 0 amide bonds. The fraction of sp³-hybridized carbons (Fsp3) is 1.00. The van der Waals surface area contributed by atoms with Crippen LogP contribution in [0.4, 0.5) is 0 Å². The largest absolute Gasteiger partial charge is 0.394 e. The van der Waals surface area contributed by atoms with Crippen LogP contribution in [0.2, 0.25) is 0 Å². The Morgan fingerprint density at radius 2 is 1.83 bits per heavy atom. The van der Waals surface area contributed by atoms with Crippen molar-refractivity contribution in [1.29, 1.82) is 0 Å². The second kappa shape index (κ2) is 13.5. The summed E-state index contributed by atoms with van der Waals surface area (Å²) in [5.74, 6) is 0. The molecule has 0 aromatic heterocycles. The van der Waals surface area contributed by atoms with Gasteiger partial charge in [-0.2, -0.15) is 0 Å². The number of hydrogen-bond donors (Lipinski definition) is 1. The van der Waals surface area contributed by atoms with Crippen LogP contribution < -0.4 is 0 Å². The maximum Gasteiger partial charge on any atom is 0.0777 e.